The average Bonchev–Trinajstić information content (AvgIpc) is 2.12. The summed E-state index contributed by atoms with van der Waals surface area (Å²) in [6, 6.07) is 3.69. The van der Waals surface area contributed by atoms with E-state index in [2.05, 4.69) is 0 Å². The van der Waals surface area contributed by atoms with Gasteiger partial charge in [0.05, 0.1) is 6.42 Å². The van der Waals surface area contributed by atoms with E-state index in [1.807, 2.05) is 32.9 Å². The van der Waals surface area contributed by atoms with E-state index in [1.54, 1.807) is 0 Å². The van der Waals surface area contributed by atoms with Crippen molar-refractivity contribution >= 4 is 5.97 Å². The summed E-state index contributed by atoms with van der Waals surface area (Å²) in [5.74, 6) is -0.535. The lowest BCUT2D eigenvalue weighted by Crippen LogP contribution is -2.03. The second-order valence-electron chi connectivity index (χ2n) is 4.00. The highest BCUT2D eigenvalue weighted by Gasteiger charge is 2.12. The topological polar surface area (TPSA) is 57.5 Å². The third-order valence-electron chi connectivity index (χ3n) is 2.56. The molecule has 0 aliphatic rings. The molecule has 1 unspecified atom stereocenters. The molecule has 0 amide bonds. The van der Waals surface area contributed by atoms with Crippen LogP contribution in [0.15, 0.2) is 12.1 Å². The van der Waals surface area contributed by atoms with Crippen LogP contribution < -0.4 is 0 Å². The lowest BCUT2D eigenvalue weighted by Gasteiger charge is -2.12. The number of carboxylic acid groups (broad SMARTS) is 1. The molecule has 0 bridgehead atoms. The molecule has 3 heteroatoms. The summed E-state index contributed by atoms with van der Waals surface area (Å²) in [6.07, 6.45) is 0.115. The maximum absolute atomic E-state index is 10.6. The predicted molar refractivity (Wildman–Crippen MR) is 58.2 cm³/mol. The Bertz CT molecular complexity index is 359. The van der Waals surface area contributed by atoms with Crippen LogP contribution in [0.4, 0.5) is 0 Å². The van der Waals surface area contributed by atoms with E-state index < -0.39 is 5.97 Å². The van der Waals surface area contributed by atoms with Gasteiger partial charge in [-0.05, 0) is 36.5 Å². The molecule has 15 heavy (non-hydrogen) atoms. The van der Waals surface area contributed by atoms with Gasteiger partial charge < -0.3 is 10.2 Å². The van der Waals surface area contributed by atoms with Crippen molar-refractivity contribution in [3.63, 3.8) is 0 Å². The fourth-order valence-electron chi connectivity index (χ4n) is 1.65. The summed E-state index contributed by atoms with van der Waals surface area (Å²) in [5, 5.41) is 18.3. The molecule has 0 fully saturated rings. The number of aryl methyl sites for hydroxylation is 2. The minimum Gasteiger partial charge on any atom is -0.507 e. The van der Waals surface area contributed by atoms with Gasteiger partial charge in [-0.25, -0.2) is 0 Å². The van der Waals surface area contributed by atoms with Crippen molar-refractivity contribution < 1.29 is 15.0 Å². The van der Waals surface area contributed by atoms with Gasteiger partial charge in [0.15, 0.2) is 0 Å². The number of aromatic hydroxyl groups is 1. The van der Waals surface area contributed by atoms with Crippen molar-refractivity contribution in [3.05, 3.63) is 28.8 Å². The molecule has 1 atom stereocenters. The molecule has 0 spiro atoms. The zero-order valence-corrected chi connectivity index (χ0v) is 9.24. The van der Waals surface area contributed by atoms with E-state index in [0.717, 1.165) is 16.7 Å². The van der Waals surface area contributed by atoms with Gasteiger partial charge in [-0.1, -0.05) is 19.1 Å². The number of phenolic OH excluding ortho intramolecular Hbond substituents is 1. The highest BCUT2D eigenvalue weighted by Crippen LogP contribution is 2.28. The Kier molecular flexibility index (Phi) is 3.35. The standard InChI is InChI=1S/C12H16O3/c1-7(6-11(13)14)10-4-8(2)12(15)9(3)5-10/h4-5,7,15H,6H2,1-3H3,(H,13,14). The van der Waals surface area contributed by atoms with Gasteiger partial charge in [-0.15, -0.1) is 0 Å². The molecule has 3 nitrogen and oxygen atoms in total. The molecule has 82 valence electrons. The van der Waals surface area contributed by atoms with Crippen molar-refractivity contribution in [2.24, 2.45) is 0 Å². The van der Waals surface area contributed by atoms with Crippen LogP contribution in [0.25, 0.3) is 0 Å². The summed E-state index contributed by atoms with van der Waals surface area (Å²) in [6.45, 7) is 5.51. The van der Waals surface area contributed by atoms with Gasteiger partial charge >= 0.3 is 5.97 Å². The summed E-state index contributed by atoms with van der Waals surface area (Å²) in [4.78, 5) is 10.6. The van der Waals surface area contributed by atoms with Crippen molar-refractivity contribution in [2.75, 3.05) is 0 Å². The van der Waals surface area contributed by atoms with Crippen molar-refractivity contribution in [2.45, 2.75) is 33.1 Å². The van der Waals surface area contributed by atoms with Gasteiger partial charge in [0, 0.05) is 0 Å². The monoisotopic (exact) mass is 208 g/mol. The highest BCUT2D eigenvalue weighted by atomic mass is 16.4. The lowest BCUT2D eigenvalue weighted by molar-refractivity contribution is -0.137. The molecular weight excluding hydrogens is 192 g/mol. The Morgan fingerprint density at radius 2 is 1.80 bits per heavy atom. The summed E-state index contributed by atoms with van der Waals surface area (Å²) >= 11 is 0. The number of hydrogen-bond donors (Lipinski definition) is 2. The molecule has 0 saturated carbocycles. The van der Waals surface area contributed by atoms with Crippen LogP contribution in [0.5, 0.6) is 5.75 Å². The molecule has 1 rings (SSSR count). The molecule has 0 aliphatic heterocycles. The Morgan fingerprint density at radius 3 is 2.20 bits per heavy atom. The van der Waals surface area contributed by atoms with Crippen molar-refractivity contribution in [1.29, 1.82) is 0 Å². The number of benzene rings is 1. The Morgan fingerprint density at radius 1 is 1.33 bits per heavy atom. The van der Waals surface area contributed by atoms with Crippen LogP contribution in [0.1, 0.15) is 36.0 Å². The second-order valence-corrected chi connectivity index (χ2v) is 4.00. The smallest absolute Gasteiger partial charge is 0.303 e. The molecule has 1 aromatic carbocycles. The van der Waals surface area contributed by atoms with E-state index in [0.29, 0.717) is 5.75 Å². The van der Waals surface area contributed by atoms with E-state index >= 15 is 0 Å². The SMILES string of the molecule is Cc1cc(C(C)CC(=O)O)cc(C)c1O. The number of carboxylic acids is 1. The first-order valence-electron chi connectivity index (χ1n) is 4.93. The molecule has 0 radical (unpaired) electrons. The average molecular weight is 208 g/mol. The first-order valence-corrected chi connectivity index (χ1v) is 4.93. The van der Waals surface area contributed by atoms with E-state index in [4.69, 9.17) is 5.11 Å². The quantitative estimate of drug-likeness (QED) is 0.802. The minimum atomic E-state index is -0.800. The van der Waals surface area contributed by atoms with Crippen LogP contribution >= 0.6 is 0 Å². The molecule has 0 aromatic heterocycles. The van der Waals surface area contributed by atoms with Gasteiger partial charge in [0.1, 0.15) is 5.75 Å². The Hall–Kier alpha value is -1.51. The third kappa shape index (κ3) is 2.72. The Labute approximate surface area is 89.4 Å². The molecule has 1 aromatic rings. The zero-order chi connectivity index (χ0) is 11.6. The summed E-state index contributed by atoms with van der Waals surface area (Å²) in [7, 11) is 0. The second kappa shape index (κ2) is 4.34. The summed E-state index contributed by atoms with van der Waals surface area (Å²) in [5.41, 5.74) is 2.55. The van der Waals surface area contributed by atoms with Gasteiger partial charge in [-0.3, -0.25) is 4.79 Å². The number of carbonyl (C=O) groups is 1. The molecule has 0 aliphatic carbocycles. The number of phenols is 1. The lowest BCUT2D eigenvalue weighted by atomic mass is 9.94. The normalized spacial score (nSPS) is 12.5. The van der Waals surface area contributed by atoms with E-state index in [9.17, 15) is 9.90 Å². The van der Waals surface area contributed by atoms with Crippen LogP contribution in [-0.2, 0) is 4.79 Å². The number of rotatable bonds is 3. The third-order valence-corrected chi connectivity index (χ3v) is 2.56. The largest absolute Gasteiger partial charge is 0.507 e. The molecule has 0 saturated heterocycles. The fraction of sp³-hybridized carbons (Fsp3) is 0.417. The highest BCUT2D eigenvalue weighted by molar-refractivity contribution is 5.68. The summed E-state index contributed by atoms with van der Waals surface area (Å²) < 4.78 is 0. The van der Waals surface area contributed by atoms with Crippen molar-refractivity contribution in [1.82, 2.24) is 0 Å². The van der Waals surface area contributed by atoms with Crippen molar-refractivity contribution in [3.8, 4) is 5.75 Å². The minimum absolute atomic E-state index is 0.0273. The zero-order valence-electron chi connectivity index (χ0n) is 9.24. The number of aliphatic carboxylic acids is 1. The van der Waals surface area contributed by atoms with Crippen LogP contribution in [-0.4, -0.2) is 16.2 Å². The van der Waals surface area contributed by atoms with Crippen LogP contribution in [0.2, 0.25) is 0 Å². The predicted octanol–water partition coefficient (Wildman–Crippen LogP) is 2.59. The maximum Gasteiger partial charge on any atom is 0.303 e. The molecule has 2 N–H and O–H groups in total. The van der Waals surface area contributed by atoms with E-state index in [1.165, 1.54) is 0 Å². The first kappa shape index (κ1) is 11.6. The van der Waals surface area contributed by atoms with E-state index in [-0.39, 0.29) is 12.3 Å². The van der Waals surface area contributed by atoms with Gasteiger partial charge in [-0.2, -0.15) is 0 Å². The molecule has 0 heterocycles. The number of hydrogen-bond acceptors (Lipinski definition) is 2. The van der Waals surface area contributed by atoms with Gasteiger partial charge in [0.2, 0.25) is 0 Å². The fourth-order valence-corrected chi connectivity index (χ4v) is 1.65. The van der Waals surface area contributed by atoms with Crippen LogP contribution in [0.3, 0.4) is 0 Å². The van der Waals surface area contributed by atoms with Crippen LogP contribution in [0, 0.1) is 13.8 Å². The first-order chi connectivity index (χ1) is 6.91. The maximum atomic E-state index is 10.6. The molecular formula is C12H16O3. The Balaban J connectivity index is 3.00. The van der Waals surface area contributed by atoms with Gasteiger partial charge in [0.25, 0.3) is 0 Å².